The van der Waals surface area contributed by atoms with E-state index in [1.165, 1.54) is 0 Å². The van der Waals surface area contributed by atoms with Gasteiger partial charge in [-0.2, -0.15) is 4.98 Å². The van der Waals surface area contributed by atoms with Crippen LogP contribution in [0.3, 0.4) is 0 Å². The number of hydrogen-bond donors (Lipinski definition) is 2. The Morgan fingerprint density at radius 1 is 1.23 bits per heavy atom. The molecule has 1 fully saturated rings. The molecule has 1 unspecified atom stereocenters. The Balaban J connectivity index is 0.00000196. The fourth-order valence-corrected chi connectivity index (χ4v) is 2.98. The van der Waals surface area contributed by atoms with Crippen LogP contribution in [0.1, 0.15) is 27.8 Å². The number of halogens is 1. The monoisotopic (exact) mass is 373 g/mol. The SMILES string of the molecule is CN1CCNCC1c1noc(-c2ccc(C(=O)c3cc[nH]c3)cc2)n1.Cl. The Morgan fingerprint density at radius 2 is 2.04 bits per heavy atom. The predicted molar refractivity (Wildman–Crippen MR) is 99.4 cm³/mol. The lowest BCUT2D eigenvalue weighted by Gasteiger charge is -2.30. The summed E-state index contributed by atoms with van der Waals surface area (Å²) < 4.78 is 5.42. The Kier molecular flexibility index (Phi) is 5.51. The molecule has 1 atom stereocenters. The first-order chi connectivity index (χ1) is 12.2. The molecule has 0 bridgehead atoms. The molecule has 4 rings (SSSR count). The van der Waals surface area contributed by atoms with Crippen molar-refractivity contribution >= 4 is 18.2 Å². The van der Waals surface area contributed by atoms with E-state index in [-0.39, 0.29) is 24.2 Å². The van der Waals surface area contributed by atoms with E-state index >= 15 is 0 Å². The first-order valence-electron chi connectivity index (χ1n) is 8.25. The van der Waals surface area contributed by atoms with Crippen molar-refractivity contribution in [3.8, 4) is 11.5 Å². The number of rotatable bonds is 4. The summed E-state index contributed by atoms with van der Waals surface area (Å²) in [5, 5.41) is 7.47. The van der Waals surface area contributed by atoms with Gasteiger partial charge in [0, 0.05) is 48.7 Å². The molecule has 8 heteroatoms. The summed E-state index contributed by atoms with van der Waals surface area (Å²) in [7, 11) is 2.06. The highest BCUT2D eigenvalue weighted by Crippen LogP contribution is 2.23. The molecule has 0 saturated carbocycles. The zero-order valence-electron chi connectivity index (χ0n) is 14.3. The molecule has 136 valence electrons. The third-order valence-electron chi connectivity index (χ3n) is 4.50. The van der Waals surface area contributed by atoms with Crippen molar-refractivity contribution < 1.29 is 9.32 Å². The number of carbonyl (C=O) groups is 1. The molecule has 0 spiro atoms. The molecule has 3 aromatic rings. The molecule has 0 amide bonds. The molecule has 2 aromatic heterocycles. The van der Waals surface area contributed by atoms with Crippen molar-refractivity contribution in [3.05, 3.63) is 59.7 Å². The highest BCUT2D eigenvalue weighted by atomic mass is 35.5. The summed E-state index contributed by atoms with van der Waals surface area (Å²) in [5.41, 5.74) is 2.07. The number of likely N-dealkylation sites (N-methyl/N-ethyl adjacent to an activating group) is 1. The Labute approximate surface area is 157 Å². The average Bonchev–Trinajstić information content (AvgIpc) is 3.34. The van der Waals surface area contributed by atoms with Gasteiger partial charge in [-0.1, -0.05) is 17.3 Å². The van der Waals surface area contributed by atoms with Crippen LogP contribution >= 0.6 is 12.4 Å². The normalized spacial score (nSPS) is 17.7. The van der Waals surface area contributed by atoms with Crippen LogP contribution in [0, 0.1) is 0 Å². The number of aromatic nitrogens is 3. The number of carbonyl (C=O) groups excluding carboxylic acids is 1. The number of hydrogen-bond acceptors (Lipinski definition) is 6. The van der Waals surface area contributed by atoms with Gasteiger partial charge >= 0.3 is 0 Å². The minimum atomic E-state index is -0.0195. The molecule has 1 aliphatic rings. The van der Waals surface area contributed by atoms with Gasteiger partial charge in [0.25, 0.3) is 5.89 Å². The lowest BCUT2D eigenvalue weighted by atomic mass is 10.0. The lowest BCUT2D eigenvalue weighted by molar-refractivity contribution is 0.103. The summed E-state index contributed by atoms with van der Waals surface area (Å²) in [6, 6.07) is 9.10. The molecular weight excluding hydrogens is 354 g/mol. The van der Waals surface area contributed by atoms with E-state index in [0.717, 1.165) is 25.2 Å². The third-order valence-corrected chi connectivity index (χ3v) is 4.50. The fraction of sp³-hybridized carbons (Fsp3) is 0.278. The molecular formula is C18H20ClN5O2. The highest BCUT2D eigenvalue weighted by molar-refractivity contribution is 6.09. The van der Waals surface area contributed by atoms with E-state index in [0.29, 0.717) is 22.8 Å². The van der Waals surface area contributed by atoms with Crippen LogP contribution in [0.4, 0.5) is 0 Å². The number of piperazine rings is 1. The topological polar surface area (TPSA) is 87.0 Å². The van der Waals surface area contributed by atoms with Gasteiger partial charge in [-0.25, -0.2) is 0 Å². The molecule has 2 N–H and O–H groups in total. The van der Waals surface area contributed by atoms with Gasteiger partial charge < -0.3 is 14.8 Å². The second-order valence-electron chi connectivity index (χ2n) is 6.16. The van der Waals surface area contributed by atoms with Crippen molar-refractivity contribution in [1.29, 1.82) is 0 Å². The first kappa shape index (κ1) is 18.3. The van der Waals surface area contributed by atoms with Crippen LogP contribution in [0.2, 0.25) is 0 Å². The molecule has 0 radical (unpaired) electrons. The van der Waals surface area contributed by atoms with Gasteiger partial charge in [0.2, 0.25) is 0 Å². The second-order valence-corrected chi connectivity index (χ2v) is 6.16. The van der Waals surface area contributed by atoms with Gasteiger partial charge in [-0.15, -0.1) is 12.4 Å². The van der Waals surface area contributed by atoms with E-state index in [1.807, 2.05) is 12.1 Å². The average molecular weight is 374 g/mol. The van der Waals surface area contributed by atoms with E-state index in [1.54, 1.807) is 30.6 Å². The van der Waals surface area contributed by atoms with Crippen LogP contribution < -0.4 is 5.32 Å². The van der Waals surface area contributed by atoms with E-state index < -0.39 is 0 Å². The number of ketones is 1. The number of nitrogens with zero attached hydrogens (tertiary/aromatic N) is 3. The van der Waals surface area contributed by atoms with Crippen molar-refractivity contribution in [1.82, 2.24) is 25.3 Å². The van der Waals surface area contributed by atoms with Crippen LogP contribution in [0.5, 0.6) is 0 Å². The molecule has 0 aliphatic carbocycles. The first-order valence-corrected chi connectivity index (χ1v) is 8.25. The Morgan fingerprint density at radius 3 is 2.73 bits per heavy atom. The van der Waals surface area contributed by atoms with Gasteiger partial charge in [-0.3, -0.25) is 9.69 Å². The minimum absolute atomic E-state index is 0. The van der Waals surface area contributed by atoms with Crippen molar-refractivity contribution in [2.45, 2.75) is 6.04 Å². The molecule has 1 aromatic carbocycles. The summed E-state index contributed by atoms with van der Waals surface area (Å²) in [4.78, 5) is 22.0. The van der Waals surface area contributed by atoms with Crippen LogP contribution in [-0.4, -0.2) is 52.5 Å². The van der Waals surface area contributed by atoms with Gasteiger partial charge in [0.15, 0.2) is 11.6 Å². The van der Waals surface area contributed by atoms with E-state index in [4.69, 9.17) is 4.52 Å². The maximum Gasteiger partial charge on any atom is 0.257 e. The maximum atomic E-state index is 12.3. The highest BCUT2D eigenvalue weighted by Gasteiger charge is 2.25. The van der Waals surface area contributed by atoms with Gasteiger partial charge in [0.1, 0.15) is 0 Å². The summed E-state index contributed by atoms with van der Waals surface area (Å²) in [6.07, 6.45) is 3.42. The molecule has 7 nitrogen and oxygen atoms in total. The smallest absolute Gasteiger partial charge is 0.257 e. The van der Waals surface area contributed by atoms with Crippen molar-refractivity contribution in [3.63, 3.8) is 0 Å². The Bertz CT molecular complexity index is 860. The number of benzene rings is 1. The van der Waals surface area contributed by atoms with E-state index in [9.17, 15) is 4.79 Å². The predicted octanol–water partition coefficient (Wildman–Crippen LogP) is 2.29. The molecule has 1 aliphatic heterocycles. The largest absolute Gasteiger partial charge is 0.367 e. The maximum absolute atomic E-state index is 12.3. The number of nitrogens with one attached hydrogen (secondary N) is 2. The second kappa shape index (κ2) is 7.82. The van der Waals surface area contributed by atoms with Crippen LogP contribution in [0.15, 0.2) is 47.2 Å². The quantitative estimate of drug-likeness (QED) is 0.682. The standard InChI is InChI=1S/C18H19N5O2.ClH/c1-23-9-8-20-11-15(23)17-21-18(25-22-17)13-4-2-12(3-5-13)16(24)14-6-7-19-10-14;/h2-7,10,15,19-20H,8-9,11H2,1H3;1H. The van der Waals surface area contributed by atoms with Gasteiger partial charge in [0.05, 0.1) is 6.04 Å². The fourth-order valence-electron chi connectivity index (χ4n) is 2.98. The number of H-pyrrole nitrogens is 1. The summed E-state index contributed by atoms with van der Waals surface area (Å²) >= 11 is 0. The number of aromatic amines is 1. The molecule has 26 heavy (non-hydrogen) atoms. The van der Waals surface area contributed by atoms with Crippen molar-refractivity contribution in [2.75, 3.05) is 26.7 Å². The zero-order chi connectivity index (χ0) is 17.2. The molecule has 1 saturated heterocycles. The third kappa shape index (κ3) is 3.55. The van der Waals surface area contributed by atoms with Crippen LogP contribution in [0.25, 0.3) is 11.5 Å². The zero-order valence-corrected chi connectivity index (χ0v) is 15.1. The van der Waals surface area contributed by atoms with Crippen LogP contribution in [-0.2, 0) is 0 Å². The lowest BCUT2D eigenvalue weighted by Crippen LogP contribution is -2.44. The van der Waals surface area contributed by atoms with Gasteiger partial charge in [-0.05, 0) is 25.2 Å². The summed E-state index contributed by atoms with van der Waals surface area (Å²) in [6.45, 7) is 2.72. The Hall–Kier alpha value is -2.48. The molecule has 3 heterocycles. The van der Waals surface area contributed by atoms with E-state index in [2.05, 4.69) is 32.4 Å². The minimum Gasteiger partial charge on any atom is -0.367 e. The van der Waals surface area contributed by atoms with Crippen molar-refractivity contribution in [2.24, 2.45) is 0 Å². The summed E-state index contributed by atoms with van der Waals surface area (Å²) in [5.74, 6) is 1.13.